The molecule has 0 bridgehead atoms. The topological polar surface area (TPSA) is 20.3 Å². The Morgan fingerprint density at radius 3 is 2.61 bits per heavy atom. The highest BCUT2D eigenvalue weighted by atomic mass is 79.9. The summed E-state index contributed by atoms with van der Waals surface area (Å²) >= 11 is 5.22. The van der Waals surface area contributed by atoms with Gasteiger partial charge in [-0.1, -0.05) is 22.9 Å². The average molecular weight is 330 g/mol. The average Bonchev–Trinajstić information content (AvgIpc) is 2.33. The molecule has 1 unspecified atom stereocenters. The molecule has 0 aliphatic rings. The van der Waals surface area contributed by atoms with Crippen molar-refractivity contribution in [2.45, 2.75) is 26.3 Å². The van der Waals surface area contributed by atoms with Crippen molar-refractivity contribution in [2.75, 3.05) is 19.1 Å². The van der Waals surface area contributed by atoms with E-state index in [0.29, 0.717) is 6.04 Å². The molecule has 0 aliphatic carbocycles. The Morgan fingerprint density at radius 2 is 2.11 bits per heavy atom. The second kappa shape index (κ2) is 7.19. The van der Waals surface area contributed by atoms with Gasteiger partial charge in [0, 0.05) is 28.9 Å². The highest BCUT2D eigenvalue weighted by Crippen LogP contribution is 2.18. The zero-order valence-corrected chi connectivity index (χ0v) is 13.8. The molecular weight excluding hydrogens is 310 g/mol. The van der Waals surface area contributed by atoms with Crippen molar-refractivity contribution in [1.29, 1.82) is 0 Å². The van der Waals surface area contributed by atoms with Crippen LogP contribution in [0.2, 0.25) is 0 Å². The van der Waals surface area contributed by atoms with Gasteiger partial charge in [-0.3, -0.25) is 4.79 Å². The molecule has 0 heterocycles. The first-order valence-corrected chi connectivity index (χ1v) is 8.21. The Balaban J connectivity index is 2.91. The number of nitrogens with zero attached hydrogens (tertiary/aromatic N) is 1. The molecule has 1 aromatic rings. The van der Waals surface area contributed by atoms with Gasteiger partial charge >= 0.3 is 0 Å². The van der Waals surface area contributed by atoms with E-state index in [4.69, 9.17) is 0 Å². The number of thioether (sulfide) groups is 1. The highest BCUT2D eigenvalue weighted by molar-refractivity contribution is 9.10. The fourth-order valence-electron chi connectivity index (χ4n) is 1.93. The summed E-state index contributed by atoms with van der Waals surface area (Å²) < 4.78 is 0.956. The maximum atomic E-state index is 12.4. The summed E-state index contributed by atoms with van der Waals surface area (Å²) in [6, 6.07) is 6.13. The van der Waals surface area contributed by atoms with Crippen LogP contribution in [0.3, 0.4) is 0 Å². The van der Waals surface area contributed by atoms with Crippen molar-refractivity contribution in [3.8, 4) is 0 Å². The largest absolute Gasteiger partial charge is 0.338 e. The molecular formula is C14H20BrNOS. The molecule has 0 aliphatic heterocycles. The number of amides is 1. The molecule has 0 N–H and O–H groups in total. The zero-order chi connectivity index (χ0) is 13.7. The third kappa shape index (κ3) is 4.02. The van der Waals surface area contributed by atoms with Crippen molar-refractivity contribution in [1.82, 2.24) is 4.90 Å². The van der Waals surface area contributed by atoms with E-state index in [9.17, 15) is 4.79 Å². The fraction of sp³-hybridized carbons (Fsp3) is 0.500. The predicted molar refractivity (Wildman–Crippen MR) is 83.4 cm³/mol. The van der Waals surface area contributed by atoms with Gasteiger partial charge in [0.2, 0.25) is 0 Å². The van der Waals surface area contributed by atoms with Crippen LogP contribution in [-0.4, -0.2) is 35.9 Å². The van der Waals surface area contributed by atoms with E-state index in [1.165, 1.54) is 0 Å². The smallest absolute Gasteiger partial charge is 0.253 e. The van der Waals surface area contributed by atoms with Crippen LogP contribution in [-0.2, 0) is 0 Å². The molecule has 0 aromatic heterocycles. The quantitative estimate of drug-likeness (QED) is 0.814. The van der Waals surface area contributed by atoms with Crippen LogP contribution in [0, 0.1) is 6.92 Å². The van der Waals surface area contributed by atoms with Crippen LogP contribution in [0.15, 0.2) is 22.7 Å². The van der Waals surface area contributed by atoms with Crippen LogP contribution < -0.4 is 0 Å². The summed E-state index contributed by atoms with van der Waals surface area (Å²) in [5.41, 5.74) is 1.85. The van der Waals surface area contributed by atoms with E-state index in [2.05, 4.69) is 29.1 Å². The van der Waals surface area contributed by atoms with Crippen molar-refractivity contribution >= 4 is 33.6 Å². The van der Waals surface area contributed by atoms with Gasteiger partial charge in [0.05, 0.1) is 0 Å². The van der Waals surface area contributed by atoms with Gasteiger partial charge < -0.3 is 4.90 Å². The van der Waals surface area contributed by atoms with Gasteiger partial charge in [-0.15, -0.1) is 0 Å². The van der Waals surface area contributed by atoms with Gasteiger partial charge in [-0.2, -0.15) is 11.8 Å². The third-order valence-corrected chi connectivity index (χ3v) is 4.16. The number of benzene rings is 1. The number of hydrogen-bond donors (Lipinski definition) is 0. The lowest BCUT2D eigenvalue weighted by Crippen LogP contribution is -2.38. The summed E-state index contributed by atoms with van der Waals surface area (Å²) in [4.78, 5) is 14.3. The number of carbonyl (C=O) groups is 1. The minimum atomic E-state index is 0.0975. The fourth-order valence-corrected chi connectivity index (χ4v) is 3.38. The first-order valence-electron chi connectivity index (χ1n) is 6.02. The van der Waals surface area contributed by atoms with Gasteiger partial charge in [-0.25, -0.2) is 0 Å². The maximum Gasteiger partial charge on any atom is 0.253 e. The highest BCUT2D eigenvalue weighted by Gasteiger charge is 2.19. The van der Waals surface area contributed by atoms with E-state index < -0.39 is 0 Å². The molecule has 0 saturated heterocycles. The van der Waals surface area contributed by atoms with Crippen LogP contribution in [0.1, 0.15) is 29.3 Å². The second-order valence-electron chi connectivity index (χ2n) is 4.45. The number of rotatable bonds is 5. The second-order valence-corrected chi connectivity index (χ2v) is 6.28. The SMILES string of the molecule is CCC(CSC)N(C)C(=O)c1cc(C)cc(Br)c1. The molecule has 18 heavy (non-hydrogen) atoms. The molecule has 0 fully saturated rings. The Labute approximate surface area is 122 Å². The summed E-state index contributed by atoms with van der Waals surface area (Å²) in [6.07, 6.45) is 3.06. The molecule has 1 amide bonds. The molecule has 2 nitrogen and oxygen atoms in total. The number of halogens is 1. The number of carbonyl (C=O) groups excluding carboxylic acids is 1. The molecule has 1 aromatic carbocycles. The van der Waals surface area contributed by atoms with Gasteiger partial charge in [0.1, 0.15) is 0 Å². The minimum Gasteiger partial charge on any atom is -0.338 e. The third-order valence-electron chi connectivity index (χ3n) is 2.99. The summed E-state index contributed by atoms with van der Waals surface area (Å²) in [5, 5.41) is 0. The predicted octanol–water partition coefficient (Wildman–Crippen LogP) is 3.97. The summed E-state index contributed by atoms with van der Waals surface area (Å²) in [5.74, 6) is 1.08. The lowest BCUT2D eigenvalue weighted by atomic mass is 10.1. The van der Waals surface area contributed by atoms with Crippen LogP contribution in [0.5, 0.6) is 0 Å². The van der Waals surface area contributed by atoms with Gasteiger partial charge in [0.25, 0.3) is 5.91 Å². The van der Waals surface area contributed by atoms with Crippen LogP contribution in [0.25, 0.3) is 0 Å². The monoisotopic (exact) mass is 329 g/mol. The molecule has 0 spiro atoms. The Bertz CT molecular complexity index is 402. The molecule has 1 atom stereocenters. The van der Waals surface area contributed by atoms with E-state index in [-0.39, 0.29) is 5.91 Å². The lowest BCUT2D eigenvalue weighted by Gasteiger charge is -2.27. The Kier molecular flexibility index (Phi) is 6.22. The molecule has 1 rings (SSSR count). The van der Waals surface area contributed by atoms with Crippen molar-refractivity contribution in [3.63, 3.8) is 0 Å². The van der Waals surface area contributed by atoms with Crippen LogP contribution >= 0.6 is 27.7 Å². The number of aryl methyl sites for hydroxylation is 1. The molecule has 100 valence electrons. The Morgan fingerprint density at radius 1 is 1.44 bits per heavy atom. The zero-order valence-electron chi connectivity index (χ0n) is 11.4. The molecule has 0 radical (unpaired) electrons. The minimum absolute atomic E-state index is 0.0975. The molecule has 4 heteroatoms. The van der Waals surface area contributed by atoms with E-state index >= 15 is 0 Å². The lowest BCUT2D eigenvalue weighted by molar-refractivity contribution is 0.0743. The van der Waals surface area contributed by atoms with Gasteiger partial charge in [-0.05, 0) is 43.4 Å². The van der Waals surface area contributed by atoms with E-state index in [1.54, 1.807) is 11.8 Å². The first-order chi connectivity index (χ1) is 8.49. The first kappa shape index (κ1) is 15.6. The van der Waals surface area contributed by atoms with Crippen molar-refractivity contribution < 1.29 is 4.79 Å². The van der Waals surface area contributed by atoms with Crippen molar-refractivity contribution in [2.24, 2.45) is 0 Å². The Hall–Kier alpha value is -0.480. The summed E-state index contributed by atoms with van der Waals surface area (Å²) in [6.45, 7) is 4.12. The standard InChI is InChI=1S/C14H20BrNOS/c1-5-13(9-18-4)16(3)14(17)11-6-10(2)7-12(15)8-11/h6-8,13H,5,9H2,1-4H3. The summed E-state index contributed by atoms with van der Waals surface area (Å²) in [7, 11) is 1.89. The van der Waals surface area contributed by atoms with Crippen LogP contribution in [0.4, 0.5) is 0 Å². The van der Waals surface area contributed by atoms with Gasteiger partial charge in [0.15, 0.2) is 0 Å². The van der Waals surface area contributed by atoms with E-state index in [0.717, 1.165) is 27.8 Å². The van der Waals surface area contributed by atoms with Crippen molar-refractivity contribution in [3.05, 3.63) is 33.8 Å². The maximum absolute atomic E-state index is 12.4. The molecule has 0 saturated carbocycles. The number of hydrogen-bond acceptors (Lipinski definition) is 2. The normalized spacial score (nSPS) is 12.3. The van der Waals surface area contributed by atoms with E-state index in [1.807, 2.05) is 37.1 Å².